The average Bonchev–Trinajstić information content (AvgIpc) is 2.74. The number of hydrogen-bond donors (Lipinski definition) is 1. The van der Waals surface area contributed by atoms with Crippen molar-refractivity contribution in [2.75, 3.05) is 17.1 Å². The molecule has 12 heteroatoms. The van der Waals surface area contributed by atoms with E-state index < -0.39 is 46.1 Å². The molecule has 0 saturated heterocycles. The Labute approximate surface area is 214 Å². The lowest BCUT2D eigenvalue weighted by Gasteiger charge is -2.33. The Morgan fingerprint density at radius 2 is 1.71 bits per heavy atom. The zero-order chi connectivity index (χ0) is 26.5. The van der Waals surface area contributed by atoms with E-state index in [9.17, 15) is 26.8 Å². The van der Waals surface area contributed by atoms with Crippen LogP contribution in [-0.2, 0) is 26.2 Å². The van der Waals surface area contributed by atoms with Gasteiger partial charge in [-0.05, 0) is 50.1 Å². The van der Waals surface area contributed by atoms with Crippen molar-refractivity contribution in [2.24, 2.45) is 0 Å². The van der Waals surface area contributed by atoms with E-state index in [0.717, 1.165) is 18.4 Å². The van der Waals surface area contributed by atoms with Gasteiger partial charge in [-0.1, -0.05) is 36.2 Å². The number of nitrogens with zero attached hydrogens (tertiary/aromatic N) is 2. The van der Waals surface area contributed by atoms with Gasteiger partial charge in [-0.15, -0.1) is 0 Å². The minimum Gasteiger partial charge on any atom is -0.352 e. The molecular formula is C23H27Cl2F2N3O4S. The van der Waals surface area contributed by atoms with Crippen LogP contribution in [0.15, 0.2) is 36.4 Å². The third-order valence-electron chi connectivity index (χ3n) is 5.04. The summed E-state index contributed by atoms with van der Waals surface area (Å²) in [6, 6.07) is 6.00. The van der Waals surface area contributed by atoms with Crippen LogP contribution in [0.4, 0.5) is 14.5 Å². The zero-order valence-corrected chi connectivity index (χ0v) is 22.0. The van der Waals surface area contributed by atoms with Crippen LogP contribution in [0, 0.1) is 11.6 Å². The number of nitrogens with one attached hydrogen (secondary N) is 1. The van der Waals surface area contributed by atoms with Gasteiger partial charge in [-0.25, -0.2) is 17.2 Å². The van der Waals surface area contributed by atoms with Gasteiger partial charge in [-0.2, -0.15) is 0 Å². The summed E-state index contributed by atoms with van der Waals surface area (Å²) in [5.41, 5.74) is 0.253. The number of carbonyl (C=O) groups is 2. The molecule has 0 aliphatic carbocycles. The SMILES string of the molecule is CC[C@@H](C(=O)NC(C)C)N(Cc1ccc(Cl)cc1Cl)C(=O)CN(c1ccc(F)c(F)c1)S(C)(=O)=O. The summed E-state index contributed by atoms with van der Waals surface area (Å²) < 4.78 is 52.9. The number of hydrogen-bond acceptors (Lipinski definition) is 4. The van der Waals surface area contributed by atoms with E-state index >= 15 is 0 Å². The van der Waals surface area contributed by atoms with Gasteiger partial charge in [0.15, 0.2) is 11.6 Å². The summed E-state index contributed by atoms with van der Waals surface area (Å²) in [4.78, 5) is 27.6. The van der Waals surface area contributed by atoms with Gasteiger partial charge in [0.25, 0.3) is 0 Å². The summed E-state index contributed by atoms with van der Waals surface area (Å²) in [7, 11) is -4.08. The lowest BCUT2D eigenvalue weighted by Crippen LogP contribution is -2.53. The predicted molar refractivity (Wildman–Crippen MR) is 133 cm³/mol. The highest BCUT2D eigenvalue weighted by Crippen LogP contribution is 2.25. The Kier molecular flexibility index (Phi) is 9.88. The smallest absolute Gasteiger partial charge is 0.244 e. The van der Waals surface area contributed by atoms with Crippen molar-refractivity contribution in [3.05, 3.63) is 63.6 Å². The van der Waals surface area contributed by atoms with Crippen molar-refractivity contribution in [1.82, 2.24) is 10.2 Å². The van der Waals surface area contributed by atoms with Crippen LogP contribution in [0.5, 0.6) is 0 Å². The highest BCUT2D eigenvalue weighted by atomic mass is 35.5. The molecule has 0 bridgehead atoms. The quantitative estimate of drug-likeness (QED) is 0.476. The fourth-order valence-electron chi connectivity index (χ4n) is 3.39. The molecule has 2 amide bonds. The van der Waals surface area contributed by atoms with E-state index in [1.165, 1.54) is 11.0 Å². The Morgan fingerprint density at radius 1 is 1.06 bits per heavy atom. The number of rotatable bonds is 10. The Bertz CT molecular complexity index is 1200. The molecule has 0 radical (unpaired) electrons. The molecule has 192 valence electrons. The van der Waals surface area contributed by atoms with Gasteiger partial charge in [0.1, 0.15) is 12.6 Å². The summed E-state index contributed by atoms with van der Waals surface area (Å²) in [6.07, 6.45) is 1.06. The normalized spacial score (nSPS) is 12.4. The molecule has 0 aromatic heterocycles. The van der Waals surface area contributed by atoms with Crippen molar-refractivity contribution >= 4 is 50.7 Å². The van der Waals surface area contributed by atoms with Crippen LogP contribution in [0.2, 0.25) is 10.0 Å². The van der Waals surface area contributed by atoms with Crippen molar-refractivity contribution in [3.63, 3.8) is 0 Å². The minimum absolute atomic E-state index is 0.117. The van der Waals surface area contributed by atoms with E-state index in [-0.39, 0.29) is 29.7 Å². The van der Waals surface area contributed by atoms with Gasteiger partial charge in [-0.3, -0.25) is 13.9 Å². The first kappa shape index (κ1) is 28.8. The molecule has 0 aliphatic rings. The van der Waals surface area contributed by atoms with E-state index in [4.69, 9.17) is 23.2 Å². The summed E-state index contributed by atoms with van der Waals surface area (Å²) in [6.45, 7) is 4.37. The molecule has 7 nitrogen and oxygen atoms in total. The van der Waals surface area contributed by atoms with Crippen LogP contribution in [0.1, 0.15) is 32.8 Å². The molecule has 2 aromatic rings. The fourth-order valence-corrected chi connectivity index (χ4v) is 4.70. The molecule has 1 N–H and O–H groups in total. The molecule has 0 spiro atoms. The van der Waals surface area contributed by atoms with Crippen LogP contribution in [-0.4, -0.2) is 50.0 Å². The van der Waals surface area contributed by atoms with Crippen LogP contribution < -0.4 is 9.62 Å². The number of benzene rings is 2. The van der Waals surface area contributed by atoms with Gasteiger partial charge < -0.3 is 10.2 Å². The lowest BCUT2D eigenvalue weighted by atomic mass is 10.1. The van der Waals surface area contributed by atoms with Crippen molar-refractivity contribution in [3.8, 4) is 0 Å². The number of amides is 2. The fraction of sp³-hybridized carbons (Fsp3) is 0.391. The van der Waals surface area contributed by atoms with Gasteiger partial charge in [0.2, 0.25) is 21.8 Å². The summed E-state index contributed by atoms with van der Waals surface area (Å²) >= 11 is 12.3. The molecule has 35 heavy (non-hydrogen) atoms. The number of sulfonamides is 1. The molecule has 2 aromatic carbocycles. The maximum absolute atomic E-state index is 13.8. The first-order valence-electron chi connectivity index (χ1n) is 10.7. The molecule has 0 fully saturated rings. The third-order valence-corrected chi connectivity index (χ3v) is 6.77. The number of anilines is 1. The van der Waals surface area contributed by atoms with Crippen LogP contribution in [0.25, 0.3) is 0 Å². The van der Waals surface area contributed by atoms with Crippen molar-refractivity contribution < 1.29 is 26.8 Å². The second-order valence-corrected chi connectivity index (χ2v) is 11.0. The Balaban J connectivity index is 2.50. The zero-order valence-electron chi connectivity index (χ0n) is 19.7. The predicted octanol–water partition coefficient (Wildman–Crippen LogP) is 4.37. The molecule has 1 atom stereocenters. The van der Waals surface area contributed by atoms with E-state index in [1.807, 2.05) is 0 Å². The lowest BCUT2D eigenvalue weighted by molar-refractivity contribution is -0.140. The summed E-state index contributed by atoms with van der Waals surface area (Å²) in [5.74, 6) is -3.60. The Hall–Kier alpha value is -2.43. The maximum Gasteiger partial charge on any atom is 0.244 e. The maximum atomic E-state index is 13.8. The molecule has 0 unspecified atom stereocenters. The van der Waals surface area contributed by atoms with Crippen molar-refractivity contribution in [1.29, 1.82) is 0 Å². The topological polar surface area (TPSA) is 86.8 Å². The highest BCUT2D eigenvalue weighted by molar-refractivity contribution is 7.92. The van der Waals surface area contributed by atoms with E-state index in [1.54, 1.807) is 32.9 Å². The molecule has 2 rings (SSSR count). The molecule has 0 saturated carbocycles. The second kappa shape index (κ2) is 12.0. The largest absolute Gasteiger partial charge is 0.352 e. The first-order valence-corrected chi connectivity index (χ1v) is 13.3. The molecular weight excluding hydrogens is 523 g/mol. The standard InChI is InChI=1S/C23H27Cl2F2N3O4S/c1-5-21(23(32)28-14(2)3)29(12-15-6-7-16(24)10-18(15)25)22(31)13-30(35(4,33)34)17-8-9-19(26)20(27)11-17/h6-11,14,21H,5,12-13H2,1-4H3,(H,28,32)/t21-/m0/s1. The summed E-state index contributed by atoms with van der Waals surface area (Å²) in [5, 5.41) is 3.39. The minimum atomic E-state index is -4.08. The van der Waals surface area contributed by atoms with Gasteiger partial charge in [0, 0.05) is 28.7 Å². The van der Waals surface area contributed by atoms with E-state index in [2.05, 4.69) is 5.32 Å². The van der Waals surface area contributed by atoms with Crippen LogP contribution >= 0.6 is 23.2 Å². The highest BCUT2D eigenvalue weighted by Gasteiger charge is 2.32. The Morgan fingerprint density at radius 3 is 2.23 bits per heavy atom. The van der Waals surface area contributed by atoms with Crippen molar-refractivity contribution in [2.45, 2.75) is 45.8 Å². The monoisotopic (exact) mass is 549 g/mol. The molecule has 0 aliphatic heterocycles. The third kappa shape index (κ3) is 7.78. The van der Waals surface area contributed by atoms with Gasteiger partial charge >= 0.3 is 0 Å². The molecule has 0 heterocycles. The van der Waals surface area contributed by atoms with Crippen LogP contribution in [0.3, 0.4) is 0 Å². The van der Waals surface area contributed by atoms with Gasteiger partial charge in [0.05, 0.1) is 11.9 Å². The number of halogens is 4. The first-order chi connectivity index (χ1) is 16.2. The second-order valence-electron chi connectivity index (χ2n) is 8.21. The average molecular weight is 550 g/mol. The number of carbonyl (C=O) groups excluding carboxylic acids is 2. The van der Waals surface area contributed by atoms with E-state index in [0.29, 0.717) is 21.0 Å².